The number of hydrogen-bond acceptors (Lipinski definition) is 6. The van der Waals surface area contributed by atoms with E-state index in [9.17, 15) is 9.59 Å². The number of ketones is 1. The third-order valence-corrected chi connectivity index (χ3v) is 4.46. The van der Waals surface area contributed by atoms with Crippen LogP contribution in [0.2, 0.25) is 0 Å². The van der Waals surface area contributed by atoms with Gasteiger partial charge in [0.2, 0.25) is 0 Å². The van der Waals surface area contributed by atoms with Gasteiger partial charge in [-0.1, -0.05) is 24.3 Å². The third kappa shape index (κ3) is 5.55. The summed E-state index contributed by atoms with van der Waals surface area (Å²) >= 11 is 0. The maximum Gasteiger partial charge on any atom is 0.335 e. The van der Waals surface area contributed by atoms with Crippen molar-refractivity contribution >= 4 is 23.1 Å². The Kier molecular flexibility index (Phi) is 7.00. The summed E-state index contributed by atoms with van der Waals surface area (Å²) in [6.45, 7) is 3.53. The van der Waals surface area contributed by atoms with Crippen molar-refractivity contribution in [3.05, 3.63) is 59.7 Å². The highest BCUT2D eigenvalue weighted by molar-refractivity contribution is 5.89. The van der Waals surface area contributed by atoms with Gasteiger partial charge in [0.1, 0.15) is 6.61 Å². The molecule has 0 aromatic heterocycles. The lowest BCUT2D eigenvalue weighted by molar-refractivity contribution is -0.122. The number of para-hydroxylation sites is 1. The second-order valence-electron chi connectivity index (χ2n) is 6.50. The Labute approximate surface area is 163 Å². The Morgan fingerprint density at radius 1 is 1.11 bits per heavy atom. The van der Waals surface area contributed by atoms with E-state index in [4.69, 9.17) is 14.6 Å². The monoisotopic (exact) mass is 384 g/mol. The highest BCUT2D eigenvalue weighted by atomic mass is 16.5. The van der Waals surface area contributed by atoms with Crippen LogP contribution in [0.5, 0.6) is 0 Å². The van der Waals surface area contributed by atoms with Gasteiger partial charge in [-0.3, -0.25) is 4.79 Å². The number of nitrogens with one attached hydrogen (secondary N) is 1. The zero-order valence-corrected chi connectivity index (χ0v) is 15.6. The summed E-state index contributed by atoms with van der Waals surface area (Å²) in [5.41, 5.74) is 2.92. The van der Waals surface area contributed by atoms with E-state index in [-0.39, 0.29) is 24.5 Å². The zero-order chi connectivity index (χ0) is 19.8. The van der Waals surface area contributed by atoms with E-state index >= 15 is 0 Å². The molecule has 1 heterocycles. The molecule has 2 N–H and O–H groups in total. The molecule has 7 nitrogen and oxygen atoms in total. The average molecular weight is 384 g/mol. The summed E-state index contributed by atoms with van der Waals surface area (Å²) in [7, 11) is 0. The summed E-state index contributed by atoms with van der Waals surface area (Å²) in [6, 6.07) is 14.4. The van der Waals surface area contributed by atoms with Gasteiger partial charge in [-0.25, -0.2) is 4.79 Å². The molecule has 0 spiro atoms. The van der Waals surface area contributed by atoms with Crippen LogP contribution in [-0.4, -0.2) is 56.3 Å². The van der Waals surface area contributed by atoms with E-state index in [1.54, 1.807) is 12.1 Å². The van der Waals surface area contributed by atoms with Crippen LogP contribution in [0.3, 0.4) is 0 Å². The number of carbonyl (C=O) groups is 2. The second-order valence-corrected chi connectivity index (χ2v) is 6.50. The predicted molar refractivity (Wildman–Crippen MR) is 106 cm³/mol. The average Bonchev–Trinajstić information content (AvgIpc) is 2.73. The van der Waals surface area contributed by atoms with Gasteiger partial charge in [0.25, 0.3) is 0 Å². The van der Waals surface area contributed by atoms with Crippen molar-refractivity contribution < 1.29 is 24.2 Å². The number of carbonyl (C=O) groups excluding carboxylic acids is 1. The molecule has 0 atom stereocenters. The van der Waals surface area contributed by atoms with Gasteiger partial charge in [-0.2, -0.15) is 0 Å². The zero-order valence-electron chi connectivity index (χ0n) is 15.6. The molecule has 1 fully saturated rings. The molecule has 3 rings (SSSR count). The van der Waals surface area contributed by atoms with Crippen molar-refractivity contribution in [2.24, 2.45) is 0 Å². The first-order chi connectivity index (χ1) is 13.6. The van der Waals surface area contributed by atoms with Crippen molar-refractivity contribution in [1.82, 2.24) is 0 Å². The normalized spacial score (nSPS) is 13.9. The minimum Gasteiger partial charge on any atom is -0.478 e. The van der Waals surface area contributed by atoms with E-state index in [2.05, 4.69) is 16.3 Å². The Hall–Kier alpha value is -2.90. The SMILES string of the molecule is O=C(CNc1cccc(C(=O)O)c1)COCc1ccccc1N1CCOCC1. The van der Waals surface area contributed by atoms with Crippen LogP contribution in [0.4, 0.5) is 11.4 Å². The molecular formula is C21H24N2O5. The Morgan fingerprint density at radius 3 is 2.68 bits per heavy atom. The van der Waals surface area contributed by atoms with Gasteiger partial charge >= 0.3 is 5.97 Å². The third-order valence-electron chi connectivity index (χ3n) is 4.46. The lowest BCUT2D eigenvalue weighted by Crippen LogP contribution is -2.36. The highest BCUT2D eigenvalue weighted by Crippen LogP contribution is 2.22. The number of hydrogen-bond donors (Lipinski definition) is 2. The number of rotatable bonds is 9. The van der Waals surface area contributed by atoms with Gasteiger partial charge in [-0.05, 0) is 24.3 Å². The van der Waals surface area contributed by atoms with E-state index in [1.165, 1.54) is 12.1 Å². The quantitative estimate of drug-likeness (QED) is 0.686. The molecule has 1 saturated heterocycles. The minimum atomic E-state index is -1.00. The van der Waals surface area contributed by atoms with Gasteiger partial charge in [0.15, 0.2) is 5.78 Å². The van der Waals surface area contributed by atoms with Crippen LogP contribution < -0.4 is 10.2 Å². The van der Waals surface area contributed by atoms with Crippen LogP contribution in [-0.2, 0) is 20.9 Å². The number of Topliss-reactive ketones (excluding diaryl/α,β-unsaturated/α-hetero) is 1. The number of morpholine rings is 1. The molecular weight excluding hydrogens is 360 g/mol. The van der Waals surface area contributed by atoms with Crippen LogP contribution in [0, 0.1) is 0 Å². The number of ether oxygens (including phenoxy) is 2. The smallest absolute Gasteiger partial charge is 0.335 e. The number of carboxylic acid groups (broad SMARTS) is 1. The molecule has 0 bridgehead atoms. The van der Waals surface area contributed by atoms with Crippen LogP contribution >= 0.6 is 0 Å². The molecule has 7 heteroatoms. The molecule has 148 valence electrons. The molecule has 1 aliphatic rings. The van der Waals surface area contributed by atoms with Gasteiger partial charge < -0.3 is 24.8 Å². The first kappa shape index (κ1) is 19.9. The van der Waals surface area contributed by atoms with Crippen molar-refractivity contribution in [3.63, 3.8) is 0 Å². The minimum absolute atomic E-state index is 0.0108. The van der Waals surface area contributed by atoms with Gasteiger partial charge in [0, 0.05) is 30.0 Å². The fourth-order valence-corrected chi connectivity index (χ4v) is 3.03. The van der Waals surface area contributed by atoms with E-state index in [0.29, 0.717) is 25.5 Å². The first-order valence-electron chi connectivity index (χ1n) is 9.21. The molecule has 2 aromatic carbocycles. The fourth-order valence-electron chi connectivity index (χ4n) is 3.03. The number of carboxylic acids is 1. The van der Waals surface area contributed by atoms with E-state index < -0.39 is 5.97 Å². The second kappa shape index (κ2) is 9.87. The molecule has 28 heavy (non-hydrogen) atoms. The van der Waals surface area contributed by atoms with E-state index in [1.807, 2.05) is 18.2 Å². The Balaban J connectivity index is 1.47. The van der Waals surface area contributed by atoms with Crippen molar-refractivity contribution in [2.45, 2.75) is 6.61 Å². The summed E-state index contributed by atoms with van der Waals surface area (Å²) in [5, 5.41) is 11.9. The molecule has 0 radical (unpaired) electrons. The summed E-state index contributed by atoms with van der Waals surface area (Å²) in [5.74, 6) is -1.11. The molecule has 0 amide bonds. The predicted octanol–water partition coefficient (Wildman–Crippen LogP) is 2.42. The van der Waals surface area contributed by atoms with Crippen molar-refractivity contribution in [1.29, 1.82) is 0 Å². The number of nitrogens with zero attached hydrogens (tertiary/aromatic N) is 1. The summed E-state index contributed by atoms with van der Waals surface area (Å²) < 4.78 is 11.0. The molecule has 2 aromatic rings. The Morgan fingerprint density at radius 2 is 1.89 bits per heavy atom. The summed E-state index contributed by atoms with van der Waals surface area (Å²) in [6.07, 6.45) is 0. The van der Waals surface area contributed by atoms with Crippen molar-refractivity contribution in [3.8, 4) is 0 Å². The first-order valence-corrected chi connectivity index (χ1v) is 9.21. The topological polar surface area (TPSA) is 88.1 Å². The van der Waals surface area contributed by atoms with Crippen LogP contribution in [0.1, 0.15) is 15.9 Å². The van der Waals surface area contributed by atoms with Crippen LogP contribution in [0.15, 0.2) is 48.5 Å². The number of benzene rings is 2. The fraction of sp³-hybridized carbons (Fsp3) is 0.333. The van der Waals surface area contributed by atoms with Crippen molar-refractivity contribution in [2.75, 3.05) is 49.7 Å². The van der Waals surface area contributed by atoms with Crippen LogP contribution in [0.25, 0.3) is 0 Å². The molecule has 0 aliphatic carbocycles. The lowest BCUT2D eigenvalue weighted by Gasteiger charge is -2.30. The Bertz CT molecular complexity index is 818. The molecule has 1 aliphatic heterocycles. The summed E-state index contributed by atoms with van der Waals surface area (Å²) in [4.78, 5) is 25.3. The molecule has 0 saturated carbocycles. The molecule has 0 unspecified atom stereocenters. The number of anilines is 2. The largest absolute Gasteiger partial charge is 0.478 e. The van der Waals surface area contributed by atoms with Gasteiger partial charge in [-0.15, -0.1) is 0 Å². The maximum absolute atomic E-state index is 12.1. The number of aromatic carboxylic acids is 1. The highest BCUT2D eigenvalue weighted by Gasteiger charge is 2.14. The van der Waals surface area contributed by atoms with E-state index in [0.717, 1.165) is 24.3 Å². The van der Waals surface area contributed by atoms with Gasteiger partial charge in [0.05, 0.1) is 31.9 Å². The lowest BCUT2D eigenvalue weighted by atomic mass is 10.1. The standard InChI is InChI=1S/C21H24N2O5/c24-19(13-22-18-6-3-5-16(12-18)21(25)26)15-28-14-17-4-1-2-7-20(17)23-8-10-27-11-9-23/h1-7,12,22H,8-11,13-15H2,(H,25,26). The maximum atomic E-state index is 12.1.